The summed E-state index contributed by atoms with van der Waals surface area (Å²) in [5.74, 6) is -0.739. The van der Waals surface area contributed by atoms with E-state index in [1.54, 1.807) is 17.8 Å². The van der Waals surface area contributed by atoms with Crippen LogP contribution in [0, 0.1) is 5.92 Å². The maximum Gasteiger partial charge on any atom is 0.407 e. The van der Waals surface area contributed by atoms with E-state index in [4.69, 9.17) is 9.84 Å². The average molecular weight is 390 g/mol. The Hall–Kier alpha value is -2.91. The molecule has 2 aromatic heterocycles. The van der Waals surface area contributed by atoms with Crippen LogP contribution in [0.15, 0.2) is 12.7 Å². The van der Waals surface area contributed by atoms with Crippen LogP contribution < -0.4 is 10.2 Å². The van der Waals surface area contributed by atoms with Gasteiger partial charge in [0.1, 0.15) is 11.9 Å². The number of carboxylic acid groups (broad SMARTS) is 1. The Kier molecular flexibility index (Phi) is 5.39. The lowest BCUT2D eigenvalue weighted by atomic mass is 10.2. The summed E-state index contributed by atoms with van der Waals surface area (Å²) in [6.07, 6.45) is 3.38. The normalized spacial score (nSPS) is 18.3. The summed E-state index contributed by atoms with van der Waals surface area (Å²) < 4.78 is 7.04. The molecular weight excluding hydrogens is 364 g/mol. The van der Waals surface area contributed by atoms with E-state index in [0.29, 0.717) is 30.1 Å². The lowest BCUT2D eigenvalue weighted by molar-refractivity contribution is -0.141. The van der Waals surface area contributed by atoms with E-state index in [1.165, 1.54) is 6.33 Å². The number of aliphatic carboxylic acids is 1. The zero-order valence-electron chi connectivity index (χ0n) is 16.5. The number of ether oxygens (including phenoxy) is 1. The van der Waals surface area contributed by atoms with E-state index in [1.807, 2.05) is 25.7 Å². The number of hydrogen-bond donors (Lipinski definition) is 2. The van der Waals surface area contributed by atoms with Crippen LogP contribution >= 0.6 is 0 Å². The predicted molar refractivity (Wildman–Crippen MR) is 102 cm³/mol. The lowest BCUT2D eigenvalue weighted by Crippen LogP contribution is -2.40. The van der Waals surface area contributed by atoms with Crippen LogP contribution in [0.5, 0.6) is 0 Å². The van der Waals surface area contributed by atoms with Crippen LogP contribution in [0.1, 0.15) is 34.1 Å². The van der Waals surface area contributed by atoms with E-state index >= 15 is 0 Å². The summed E-state index contributed by atoms with van der Waals surface area (Å²) in [5, 5.41) is 12.0. The molecule has 0 bridgehead atoms. The van der Waals surface area contributed by atoms with Crippen LogP contribution in [0.25, 0.3) is 11.2 Å². The fraction of sp³-hybridized carbons (Fsp3) is 0.611. The van der Waals surface area contributed by atoms with Gasteiger partial charge in [0.05, 0.1) is 18.3 Å². The standard InChI is InChI=1S/C18H26N6O4/c1-11(16(25)26)7-24-10-21-13-14(19-9-20-15(13)24)23-6-5-12(8-23)22-17(27)28-18(2,3)4/h9-12H,5-8H2,1-4H3,(H,22,27)(H,25,26). The van der Waals surface area contributed by atoms with E-state index in [-0.39, 0.29) is 12.6 Å². The highest BCUT2D eigenvalue weighted by Crippen LogP contribution is 2.25. The molecule has 1 aliphatic heterocycles. The Morgan fingerprint density at radius 3 is 2.79 bits per heavy atom. The highest BCUT2D eigenvalue weighted by molar-refractivity contribution is 5.83. The molecule has 0 aliphatic carbocycles. The molecule has 10 nitrogen and oxygen atoms in total. The van der Waals surface area contributed by atoms with Crippen molar-refractivity contribution in [3.05, 3.63) is 12.7 Å². The number of carboxylic acids is 1. The van der Waals surface area contributed by atoms with Gasteiger partial charge in [-0.2, -0.15) is 0 Å². The van der Waals surface area contributed by atoms with Crippen molar-refractivity contribution in [1.29, 1.82) is 0 Å². The number of aromatic nitrogens is 4. The van der Waals surface area contributed by atoms with Gasteiger partial charge in [-0.1, -0.05) is 6.92 Å². The molecule has 0 aromatic carbocycles. The van der Waals surface area contributed by atoms with Crippen LogP contribution in [0.3, 0.4) is 0 Å². The highest BCUT2D eigenvalue weighted by Gasteiger charge is 2.28. The van der Waals surface area contributed by atoms with E-state index < -0.39 is 23.6 Å². The SMILES string of the molecule is CC(Cn1cnc2c(N3CCC(NC(=O)OC(C)(C)C)C3)ncnc21)C(=O)O. The molecular formula is C18H26N6O4. The first kappa shape index (κ1) is 19.8. The third-order valence-corrected chi connectivity index (χ3v) is 4.48. The lowest BCUT2D eigenvalue weighted by Gasteiger charge is -2.22. The fourth-order valence-electron chi connectivity index (χ4n) is 3.15. The smallest absolute Gasteiger partial charge is 0.407 e. The van der Waals surface area contributed by atoms with Gasteiger partial charge in [0.2, 0.25) is 0 Å². The van der Waals surface area contributed by atoms with Gasteiger partial charge in [-0.25, -0.2) is 19.7 Å². The Morgan fingerprint density at radius 2 is 2.11 bits per heavy atom. The summed E-state index contributed by atoms with van der Waals surface area (Å²) in [6.45, 7) is 8.70. The second kappa shape index (κ2) is 7.61. The molecule has 28 heavy (non-hydrogen) atoms. The summed E-state index contributed by atoms with van der Waals surface area (Å²) >= 11 is 0. The number of nitrogens with zero attached hydrogens (tertiary/aromatic N) is 5. The number of amides is 1. The number of carbonyl (C=O) groups excluding carboxylic acids is 1. The Morgan fingerprint density at radius 1 is 1.36 bits per heavy atom. The minimum Gasteiger partial charge on any atom is -0.481 e. The monoisotopic (exact) mass is 390 g/mol. The topological polar surface area (TPSA) is 122 Å². The predicted octanol–water partition coefficient (Wildman–Crippen LogP) is 1.65. The summed E-state index contributed by atoms with van der Waals surface area (Å²) in [7, 11) is 0. The zero-order valence-corrected chi connectivity index (χ0v) is 16.5. The first-order valence-electron chi connectivity index (χ1n) is 9.27. The summed E-state index contributed by atoms with van der Waals surface area (Å²) in [6, 6.07) is -0.0472. The van der Waals surface area contributed by atoms with Crippen molar-refractivity contribution in [2.24, 2.45) is 5.92 Å². The van der Waals surface area contributed by atoms with E-state index in [2.05, 4.69) is 20.3 Å². The van der Waals surface area contributed by atoms with Gasteiger partial charge in [-0.15, -0.1) is 0 Å². The number of imidazole rings is 1. The highest BCUT2D eigenvalue weighted by atomic mass is 16.6. The number of hydrogen-bond acceptors (Lipinski definition) is 7. The van der Waals surface area contributed by atoms with Gasteiger partial charge in [-0.05, 0) is 27.2 Å². The van der Waals surface area contributed by atoms with Crippen molar-refractivity contribution in [3.63, 3.8) is 0 Å². The van der Waals surface area contributed by atoms with Gasteiger partial charge < -0.3 is 24.6 Å². The quantitative estimate of drug-likeness (QED) is 0.790. The van der Waals surface area contributed by atoms with Gasteiger partial charge in [0.25, 0.3) is 0 Å². The number of fused-ring (bicyclic) bond motifs is 1. The number of carbonyl (C=O) groups is 2. The van der Waals surface area contributed by atoms with Gasteiger partial charge in [-0.3, -0.25) is 4.79 Å². The van der Waals surface area contributed by atoms with Gasteiger partial charge >= 0.3 is 12.1 Å². The molecule has 0 spiro atoms. The molecule has 1 fully saturated rings. The molecule has 10 heteroatoms. The van der Waals surface area contributed by atoms with Gasteiger partial charge in [0, 0.05) is 19.6 Å². The molecule has 2 aromatic rings. The van der Waals surface area contributed by atoms with Crippen molar-refractivity contribution >= 4 is 29.0 Å². The molecule has 0 saturated carbocycles. The van der Waals surface area contributed by atoms with Crippen molar-refractivity contribution in [2.45, 2.75) is 52.3 Å². The molecule has 1 amide bonds. The molecule has 3 rings (SSSR count). The van der Waals surface area contributed by atoms with Crippen LogP contribution in [-0.4, -0.2) is 61.4 Å². The molecule has 0 radical (unpaired) electrons. The second-order valence-electron chi connectivity index (χ2n) is 8.08. The first-order valence-corrected chi connectivity index (χ1v) is 9.27. The van der Waals surface area contributed by atoms with Crippen LogP contribution in [-0.2, 0) is 16.1 Å². The number of alkyl carbamates (subject to hydrolysis) is 1. The third kappa shape index (κ3) is 4.49. The molecule has 2 unspecified atom stereocenters. The largest absolute Gasteiger partial charge is 0.481 e. The third-order valence-electron chi connectivity index (χ3n) is 4.48. The summed E-state index contributed by atoms with van der Waals surface area (Å²) in [5.41, 5.74) is 0.681. The minimum atomic E-state index is -0.869. The van der Waals surface area contributed by atoms with E-state index in [9.17, 15) is 9.59 Å². The maximum absolute atomic E-state index is 12.0. The Bertz CT molecular complexity index is 875. The average Bonchev–Trinajstić information content (AvgIpc) is 3.20. The molecule has 2 atom stereocenters. The fourth-order valence-corrected chi connectivity index (χ4v) is 3.15. The van der Waals surface area contributed by atoms with Gasteiger partial charge in [0.15, 0.2) is 17.0 Å². The number of nitrogens with one attached hydrogen (secondary N) is 1. The van der Waals surface area contributed by atoms with Crippen molar-refractivity contribution in [2.75, 3.05) is 18.0 Å². The summed E-state index contributed by atoms with van der Waals surface area (Å²) in [4.78, 5) is 38.2. The number of anilines is 1. The Labute approximate surface area is 162 Å². The van der Waals surface area contributed by atoms with Crippen LogP contribution in [0.4, 0.5) is 10.6 Å². The van der Waals surface area contributed by atoms with Crippen molar-refractivity contribution < 1.29 is 19.4 Å². The van der Waals surface area contributed by atoms with Crippen LogP contribution in [0.2, 0.25) is 0 Å². The molecule has 1 saturated heterocycles. The van der Waals surface area contributed by atoms with Crippen molar-refractivity contribution in [1.82, 2.24) is 24.8 Å². The maximum atomic E-state index is 12.0. The van der Waals surface area contributed by atoms with Crippen molar-refractivity contribution in [3.8, 4) is 0 Å². The molecule has 2 N–H and O–H groups in total. The second-order valence-corrected chi connectivity index (χ2v) is 8.08. The molecule has 152 valence electrons. The van der Waals surface area contributed by atoms with E-state index in [0.717, 1.165) is 6.42 Å². The number of rotatable bonds is 5. The first-order chi connectivity index (χ1) is 13.1. The Balaban J connectivity index is 1.72. The zero-order chi connectivity index (χ0) is 20.5. The minimum absolute atomic E-state index is 0.0472. The molecule has 1 aliphatic rings. The molecule has 3 heterocycles.